The van der Waals surface area contributed by atoms with Crippen LogP contribution in [-0.4, -0.2) is 67.6 Å². The summed E-state index contributed by atoms with van der Waals surface area (Å²) >= 11 is 5.89. The van der Waals surface area contributed by atoms with Crippen molar-refractivity contribution in [2.24, 2.45) is 0 Å². The third-order valence-corrected chi connectivity index (χ3v) is 5.77. The zero-order chi connectivity index (χ0) is 23.2. The number of benzene rings is 2. The van der Waals surface area contributed by atoms with E-state index in [1.54, 1.807) is 25.3 Å². The Balaban J connectivity index is 1.49. The molecule has 1 fully saturated rings. The number of morpholine rings is 1. The van der Waals surface area contributed by atoms with Crippen molar-refractivity contribution in [1.29, 1.82) is 0 Å². The van der Waals surface area contributed by atoms with Crippen LogP contribution in [0.5, 0.6) is 11.5 Å². The first kappa shape index (κ1) is 23.4. The summed E-state index contributed by atoms with van der Waals surface area (Å²) in [7, 11) is 1.56. The lowest BCUT2D eigenvalue weighted by Gasteiger charge is -2.33. The molecule has 1 aliphatic rings. The molecule has 2 heterocycles. The van der Waals surface area contributed by atoms with E-state index in [1.165, 1.54) is 18.5 Å². The Morgan fingerprint density at radius 1 is 1.24 bits per heavy atom. The topological polar surface area (TPSA) is 68.7 Å². The number of nitrogens with one attached hydrogen (secondary N) is 1. The Morgan fingerprint density at radius 2 is 2.12 bits per heavy atom. The number of aromatic nitrogens is 2. The first-order valence-corrected chi connectivity index (χ1v) is 11.0. The van der Waals surface area contributed by atoms with Crippen molar-refractivity contribution in [3.8, 4) is 11.5 Å². The molecule has 7 nitrogen and oxygen atoms in total. The number of hydrogen-bond donors (Lipinski definition) is 1. The summed E-state index contributed by atoms with van der Waals surface area (Å²) in [6, 6.07) is 7.73. The SMILES string of the molecule is COc1cc2ncnc(Nc3ccc(F)c(Cl)c3)c2cc1OCCCN1CCOC[C@H]1CF. The molecule has 0 bridgehead atoms. The minimum absolute atomic E-state index is 0.0133. The Kier molecular flexibility index (Phi) is 7.74. The molecule has 0 spiro atoms. The predicted octanol–water partition coefficient (Wildman–Crippen LogP) is 4.61. The van der Waals surface area contributed by atoms with Gasteiger partial charge >= 0.3 is 0 Å². The second-order valence-electron chi connectivity index (χ2n) is 7.62. The van der Waals surface area contributed by atoms with Crippen molar-refractivity contribution in [1.82, 2.24) is 14.9 Å². The minimum atomic E-state index is -0.495. The standard InChI is InChI=1S/C23H25ClF2N4O3/c1-31-21-11-20-17(23(28-14-27-20)29-15-3-4-19(26)18(24)9-15)10-22(21)33-7-2-5-30-6-8-32-13-16(30)12-25/h3-4,9-11,14,16H,2,5-8,12-13H2,1H3,(H,27,28,29)/t16-/m1/s1. The number of alkyl halides is 1. The van der Waals surface area contributed by atoms with Gasteiger partial charge in [0.2, 0.25) is 0 Å². The molecule has 1 atom stereocenters. The lowest BCUT2D eigenvalue weighted by atomic mass is 10.2. The minimum Gasteiger partial charge on any atom is -0.493 e. The third-order valence-electron chi connectivity index (χ3n) is 5.48. The van der Waals surface area contributed by atoms with Gasteiger partial charge in [0.15, 0.2) is 11.5 Å². The maximum Gasteiger partial charge on any atom is 0.162 e. The molecule has 4 rings (SSSR count). The van der Waals surface area contributed by atoms with Crippen LogP contribution in [0.25, 0.3) is 10.9 Å². The van der Waals surface area contributed by atoms with E-state index in [9.17, 15) is 8.78 Å². The molecule has 176 valence electrons. The number of nitrogens with zero attached hydrogens (tertiary/aromatic N) is 3. The molecule has 3 aromatic rings. The van der Waals surface area contributed by atoms with Crippen LogP contribution in [0.1, 0.15) is 6.42 Å². The molecule has 1 saturated heterocycles. The highest BCUT2D eigenvalue weighted by Gasteiger charge is 2.22. The van der Waals surface area contributed by atoms with Gasteiger partial charge in [0.1, 0.15) is 24.6 Å². The molecular formula is C23H25ClF2N4O3. The average molecular weight is 479 g/mol. The van der Waals surface area contributed by atoms with Gasteiger partial charge in [-0.15, -0.1) is 0 Å². The highest BCUT2D eigenvalue weighted by atomic mass is 35.5. The van der Waals surface area contributed by atoms with Crippen molar-refractivity contribution in [2.45, 2.75) is 12.5 Å². The van der Waals surface area contributed by atoms with Gasteiger partial charge in [-0.3, -0.25) is 4.90 Å². The van der Waals surface area contributed by atoms with E-state index in [0.717, 1.165) is 13.0 Å². The molecule has 2 aromatic carbocycles. The summed E-state index contributed by atoms with van der Waals surface area (Å²) in [5, 5.41) is 3.87. The number of anilines is 2. The Hall–Kier alpha value is -2.75. The summed E-state index contributed by atoms with van der Waals surface area (Å²) < 4.78 is 43.5. The quantitative estimate of drug-likeness (QED) is 0.450. The second-order valence-corrected chi connectivity index (χ2v) is 8.02. The van der Waals surface area contributed by atoms with Crippen LogP contribution in [0.2, 0.25) is 5.02 Å². The zero-order valence-electron chi connectivity index (χ0n) is 18.2. The maximum atomic E-state index is 13.5. The summed E-state index contributed by atoms with van der Waals surface area (Å²) in [4.78, 5) is 10.7. The highest BCUT2D eigenvalue weighted by Crippen LogP contribution is 2.35. The predicted molar refractivity (Wildman–Crippen MR) is 123 cm³/mol. The van der Waals surface area contributed by atoms with Crippen molar-refractivity contribution >= 4 is 34.0 Å². The van der Waals surface area contributed by atoms with Gasteiger partial charge in [-0.05, 0) is 30.7 Å². The largest absolute Gasteiger partial charge is 0.493 e. The van der Waals surface area contributed by atoms with E-state index in [1.807, 2.05) is 0 Å². The van der Waals surface area contributed by atoms with E-state index in [-0.39, 0.29) is 11.1 Å². The van der Waals surface area contributed by atoms with E-state index in [0.29, 0.717) is 60.3 Å². The molecule has 0 amide bonds. The number of ether oxygens (including phenoxy) is 3. The molecule has 0 unspecified atom stereocenters. The van der Waals surface area contributed by atoms with Crippen LogP contribution in [0.15, 0.2) is 36.7 Å². The van der Waals surface area contributed by atoms with Crippen LogP contribution in [-0.2, 0) is 4.74 Å². The van der Waals surface area contributed by atoms with Gasteiger partial charge < -0.3 is 19.5 Å². The third kappa shape index (κ3) is 5.61. The number of fused-ring (bicyclic) bond motifs is 1. The summed E-state index contributed by atoms with van der Waals surface area (Å²) in [5.74, 6) is 1.12. The Morgan fingerprint density at radius 3 is 2.91 bits per heavy atom. The van der Waals surface area contributed by atoms with E-state index in [4.69, 9.17) is 25.8 Å². The van der Waals surface area contributed by atoms with Gasteiger partial charge in [0.05, 0.1) is 43.5 Å². The van der Waals surface area contributed by atoms with E-state index >= 15 is 0 Å². The summed E-state index contributed by atoms with van der Waals surface area (Å²) in [6.45, 7) is 2.48. The summed E-state index contributed by atoms with van der Waals surface area (Å²) in [5.41, 5.74) is 1.25. The number of rotatable bonds is 9. The zero-order valence-corrected chi connectivity index (χ0v) is 18.9. The van der Waals surface area contributed by atoms with Gasteiger partial charge in [-0.1, -0.05) is 11.6 Å². The Labute approximate surface area is 195 Å². The lowest BCUT2D eigenvalue weighted by Crippen LogP contribution is -2.47. The van der Waals surface area contributed by atoms with Gasteiger partial charge in [0.25, 0.3) is 0 Å². The van der Waals surface area contributed by atoms with Crippen molar-refractivity contribution in [2.75, 3.05) is 52.0 Å². The number of methoxy groups -OCH3 is 1. The van der Waals surface area contributed by atoms with Crippen molar-refractivity contribution < 1.29 is 23.0 Å². The van der Waals surface area contributed by atoms with Crippen LogP contribution in [0, 0.1) is 5.82 Å². The molecule has 1 aromatic heterocycles. The molecule has 10 heteroatoms. The van der Waals surface area contributed by atoms with Gasteiger partial charge in [0, 0.05) is 30.2 Å². The average Bonchev–Trinajstić information content (AvgIpc) is 2.84. The van der Waals surface area contributed by atoms with Crippen molar-refractivity contribution in [3.63, 3.8) is 0 Å². The molecule has 0 saturated carbocycles. The smallest absolute Gasteiger partial charge is 0.162 e. The van der Waals surface area contributed by atoms with Crippen LogP contribution in [0.3, 0.4) is 0 Å². The van der Waals surface area contributed by atoms with Crippen LogP contribution in [0.4, 0.5) is 20.3 Å². The molecular weight excluding hydrogens is 454 g/mol. The molecule has 1 aliphatic heterocycles. The Bertz CT molecular complexity index is 1100. The fraction of sp³-hybridized carbons (Fsp3) is 0.391. The second kappa shape index (κ2) is 10.9. The monoisotopic (exact) mass is 478 g/mol. The van der Waals surface area contributed by atoms with E-state index < -0.39 is 12.5 Å². The van der Waals surface area contributed by atoms with Gasteiger partial charge in [-0.2, -0.15) is 0 Å². The van der Waals surface area contributed by atoms with Crippen LogP contribution >= 0.6 is 11.6 Å². The fourth-order valence-corrected chi connectivity index (χ4v) is 3.90. The molecule has 0 radical (unpaired) electrons. The summed E-state index contributed by atoms with van der Waals surface area (Å²) in [6.07, 6.45) is 2.15. The maximum absolute atomic E-state index is 13.5. The highest BCUT2D eigenvalue weighted by molar-refractivity contribution is 6.31. The molecule has 0 aliphatic carbocycles. The first-order valence-electron chi connectivity index (χ1n) is 10.6. The first-order chi connectivity index (χ1) is 16.1. The lowest BCUT2D eigenvalue weighted by molar-refractivity contribution is -0.0172. The molecule has 33 heavy (non-hydrogen) atoms. The van der Waals surface area contributed by atoms with Crippen molar-refractivity contribution in [3.05, 3.63) is 47.5 Å². The van der Waals surface area contributed by atoms with Crippen LogP contribution < -0.4 is 14.8 Å². The molecule has 1 N–H and O–H groups in total. The van der Waals surface area contributed by atoms with E-state index in [2.05, 4.69) is 20.2 Å². The normalized spacial score (nSPS) is 16.7. The number of hydrogen-bond acceptors (Lipinski definition) is 7. The fourth-order valence-electron chi connectivity index (χ4n) is 3.72. The number of halogens is 3. The van der Waals surface area contributed by atoms with Gasteiger partial charge in [-0.25, -0.2) is 18.7 Å².